The first-order chi connectivity index (χ1) is 13.7. The van der Waals surface area contributed by atoms with Crippen molar-refractivity contribution in [3.8, 4) is 0 Å². The van der Waals surface area contributed by atoms with E-state index in [9.17, 15) is 0 Å². The van der Waals surface area contributed by atoms with Crippen molar-refractivity contribution in [3.63, 3.8) is 0 Å². The molecule has 152 valence electrons. The predicted octanol–water partition coefficient (Wildman–Crippen LogP) is 3.60. The van der Waals surface area contributed by atoms with Crippen LogP contribution in [0.15, 0.2) is 52.1 Å². The highest BCUT2D eigenvalue weighted by Crippen LogP contribution is 2.19. The van der Waals surface area contributed by atoms with Gasteiger partial charge in [-0.25, -0.2) is 0 Å². The molecule has 1 saturated heterocycles. The monoisotopic (exact) mass is 382 g/mol. The third-order valence-corrected chi connectivity index (χ3v) is 5.33. The van der Waals surface area contributed by atoms with Crippen molar-refractivity contribution in [1.29, 1.82) is 0 Å². The molecule has 0 bridgehead atoms. The summed E-state index contributed by atoms with van der Waals surface area (Å²) < 4.78 is 5.38. The van der Waals surface area contributed by atoms with Gasteiger partial charge in [0.25, 0.3) is 0 Å². The van der Waals surface area contributed by atoms with E-state index in [0.717, 1.165) is 57.4 Å². The molecule has 1 aliphatic rings. The average Bonchev–Trinajstić information content (AvgIpc) is 3.22. The molecule has 0 spiro atoms. The lowest BCUT2D eigenvalue weighted by atomic mass is 9.96. The third-order valence-electron chi connectivity index (χ3n) is 5.33. The van der Waals surface area contributed by atoms with Gasteiger partial charge in [0.05, 0.1) is 6.26 Å². The molecule has 0 radical (unpaired) electrons. The Morgan fingerprint density at radius 3 is 2.61 bits per heavy atom. The second kappa shape index (κ2) is 10.9. The smallest absolute Gasteiger partial charge is 0.191 e. The Labute approximate surface area is 169 Å². The normalized spacial score (nSPS) is 16.3. The number of piperidine rings is 1. The number of hydrogen-bond acceptors (Lipinski definition) is 3. The van der Waals surface area contributed by atoms with Gasteiger partial charge in [-0.05, 0) is 63.4 Å². The molecular weight excluding hydrogens is 348 g/mol. The SMILES string of the molecule is CCNC(=NCC1CCN(Cc2ccc(C)cc2)CC1)NCCc1ccco1. The Morgan fingerprint density at radius 1 is 1.14 bits per heavy atom. The van der Waals surface area contributed by atoms with Gasteiger partial charge in [-0.1, -0.05) is 29.8 Å². The van der Waals surface area contributed by atoms with Gasteiger partial charge in [0.2, 0.25) is 0 Å². The number of aliphatic imine (C=N–C) groups is 1. The lowest BCUT2D eigenvalue weighted by molar-refractivity contribution is 0.180. The highest BCUT2D eigenvalue weighted by atomic mass is 16.3. The van der Waals surface area contributed by atoms with E-state index in [-0.39, 0.29) is 0 Å². The summed E-state index contributed by atoms with van der Waals surface area (Å²) in [6, 6.07) is 12.9. The quantitative estimate of drug-likeness (QED) is 0.541. The van der Waals surface area contributed by atoms with Gasteiger partial charge < -0.3 is 15.1 Å². The second-order valence-electron chi connectivity index (χ2n) is 7.68. The summed E-state index contributed by atoms with van der Waals surface area (Å²) in [4.78, 5) is 7.39. The topological polar surface area (TPSA) is 52.8 Å². The van der Waals surface area contributed by atoms with Crippen LogP contribution in [0, 0.1) is 12.8 Å². The summed E-state index contributed by atoms with van der Waals surface area (Å²) >= 11 is 0. The van der Waals surface area contributed by atoms with Crippen molar-refractivity contribution >= 4 is 5.96 Å². The molecule has 1 aliphatic heterocycles. The first kappa shape index (κ1) is 20.5. The minimum atomic E-state index is 0.676. The molecule has 5 nitrogen and oxygen atoms in total. The Bertz CT molecular complexity index is 701. The largest absolute Gasteiger partial charge is 0.469 e. The Kier molecular flexibility index (Phi) is 7.97. The number of nitrogens with one attached hydrogen (secondary N) is 2. The molecule has 0 saturated carbocycles. The Hall–Kier alpha value is -2.27. The molecule has 5 heteroatoms. The average molecular weight is 383 g/mol. The zero-order chi connectivity index (χ0) is 19.6. The van der Waals surface area contributed by atoms with Gasteiger partial charge in [-0.2, -0.15) is 0 Å². The van der Waals surface area contributed by atoms with E-state index in [2.05, 4.69) is 53.6 Å². The molecule has 2 N–H and O–H groups in total. The van der Waals surface area contributed by atoms with Crippen LogP contribution in [0.4, 0.5) is 0 Å². The summed E-state index contributed by atoms with van der Waals surface area (Å²) in [5.41, 5.74) is 2.74. The maximum Gasteiger partial charge on any atom is 0.191 e. The summed E-state index contributed by atoms with van der Waals surface area (Å²) in [7, 11) is 0. The van der Waals surface area contributed by atoms with Crippen molar-refractivity contribution < 1.29 is 4.42 Å². The van der Waals surface area contributed by atoms with Crippen LogP contribution in [0.25, 0.3) is 0 Å². The fourth-order valence-electron chi connectivity index (χ4n) is 3.60. The number of likely N-dealkylation sites (tertiary alicyclic amines) is 1. The fraction of sp³-hybridized carbons (Fsp3) is 0.522. The second-order valence-corrected chi connectivity index (χ2v) is 7.68. The van der Waals surface area contributed by atoms with E-state index >= 15 is 0 Å². The van der Waals surface area contributed by atoms with Crippen LogP contribution in [-0.4, -0.2) is 43.6 Å². The number of hydrogen-bond donors (Lipinski definition) is 2. The minimum Gasteiger partial charge on any atom is -0.469 e. The van der Waals surface area contributed by atoms with Crippen molar-refractivity contribution in [2.75, 3.05) is 32.7 Å². The van der Waals surface area contributed by atoms with Gasteiger partial charge in [-0.3, -0.25) is 9.89 Å². The van der Waals surface area contributed by atoms with Crippen LogP contribution >= 0.6 is 0 Å². The molecule has 1 fully saturated rings. The van der Waals surface area contributed by atoms with Gasteiger partial charge in [0.15, 0.2) is 5.96 Å². The van der Waals surface area contributed by atoms with Gasteiger partial charge in [0.1, 0.15) is 5.76 Å². The number of guanidine groups is 1. The number of nitrogens with zero attached hydrogens (tertiary/aromatic N) is 2. The maximum atomic E-state index is 5.38. The van der Waals surface area contributed by atoms with E-state index in [1.54, 1.807) is 6.26 Å². The van der Waals surface area contributed by atoms with Crippen molar-refractivity contribution in [1.82, 2.24) is 15.5 Å². The number of rotatable bonds is 8. The number of furan rings is 1. The van der Waals surface area contributed by atoms with Crippen LogP contribution in [0.1, 0.15) is 36.7 Å². The maximum absolute atomic E-state index is 5.38. The Balaban J connectivity index is 1.39. The zero-order valence-electron chi connectivity index (χ0n) is 17.3. The van der Waals surface area contributed by atoms with Crippen LogP contribution < -0.4 is 10.6 Å². The Morgan fingerprint density at radius 2 is 1.93 bits per heavy atom. The first-order valence-electron chi connectivity index (χ1n) is 10.6. The molecule has 2 aromatic rings. The predicted molar refractivity (Wildman–Crippen MR) is 116 cm³/mol. The van der Waals surface area contributed by atoms with Gasteiger partial charge >= 0.3 is 0 Å². The number of benzene rings is 1. The fourth-order valence-corrected chi connectivity index (χ4v) is 3.60. The molecule has 0 amide bonds. The molecule has 1 aromatic carbocycles. The molecule has 0 aliphatic carbocycles. The van der Waals surface area contributed by atoms with E-state index < -0.39 is 0 Å². The van der Waals surface area contributed by atoms with Crippen molar-refractivity contribution in [2.24, 2.45) is 10.9 Å². The molecule has 2 heterocycles. The standard InChI is InChI=1S/C23H34N4O/c1-3-24-23(25-13-10-22-5-4-16-28-22)26-17-20-11-14-27(15-12-20)18-21-8-6-19(2)7-9-21/h4-9,16,20H,3,10-15,17-18H2,1-2H3,(H2,24,25,26). The van der Waals surface area contributed by atoms with Gasteiger partial charge in [0, 0.05) is 32.6 Å². The molecule has 3 rings (SSSR count). The van der Waals surface area contributed by atoms with Crippen LogP contribution in [0.5, 0.6) is 0 Å². The van der Waals surface area contributed by atoms with Crippen LogP contribution in [0.2, 0.25) is 0 Å². The zero-order valence-corrected chi connectivity index (χ0v) is 17.3. The van der Waals surface area contributed by atoms with Crippen molar-refractivity contribution in [2.45, 2.75) is 39.7 Å². The number of aryl methyl sites for hydroxylation is 1. The lowest BCUT2D eigenvalue weighted by Crippen LogP contribution is -2.39. The summed E-state index contributed by atoms with van der Waals surface area (Å²) in [6.45, 7) is 10.2. The van der Waals surface area contributed by atoms with Crippen molar-refractivity contribution in [3.05, 3.63) is 59.5 Å². The van der Waals surface area contributed by atoms with E-state index in [1.165, 1.54) is 24.0 Å². The van der Waals surface area contributed by atoms with Gasteiger partial charge in [-0.15, -0.1) is 0 Å². The third kappa shape index (κ3) is 6.71. The summed E-state index contributed by atoms with van der Waals surface area (Å²) in [6.07, 6.45) is 5.04. The molecular formula is C23H34N4O. The molecule has 0 atom stereocenters. The highest BCUT2D eigenvalue weighted by molar-refractivity contribution is 5.79. The first-order valence-corrected chi connectivity index (χ1v) is 10.6. The minimum absolute atomic E-state index is 0.676. The van der Waals surface area contributed by atoms with E-state index in [4.69, 9.17) is 9.41 Å². The highest BCUT2D eigenvalue weighted by Gasteiger charge is 2.19. The molecule has 1 aromatic heterocycles. The van der Waals surface area contributed by atoms with E-state index in [0.29, 0.717) is 5.92 Å². The molecule has 0 unspecified atom stereocenters. The summed E-state index contributed by atoms with van der Waals surface area (Å²) in [5, 5.41) is 6.76. The summed E-state index contributed by atoms with van der Waals surface area (Å²) in [5.74, 6) is 2.59. The van der Waals surface area contributed by atoms with E-state index in [1.807, 2.05) is 12.1 Å². The lowest BCUT2D eigenvalue weighted by Gasteiger charge is -2.31. The van der Waals surface area contributed by atoms with Crippen LogP contribution in [0.3, 0.4) is 0 Å². The van der Waals surface area contributed by atoms with Crippen LogP contribution in [-0.2, 0) is 13.0 Å². The molecule has 28 heavy (non-hydrogen) atoms.